The minimum Gasteiger partial charge on any atom is -0.300 e. The average molecular weight is 391 g/mol. The first-order chi connectivity index (χ1) is 12.5. The van der Waals surface area contributed by atoms with E-state index in [-0.39, 0.29) is 18.3 Å². The Hall–Kier alpha value is -2.39. The maximum atomic E-state index is 13.1. The maximum absolute atomic E-state index is 13.1. The van der Waals surface area contributed by atoms with Crippen molar-refractivity contribution in [3.05, 3.63) is 45.6 Å². The predicted octanol–water partition coefficient (Wildman–Crippen LogP) is 4.10. The Morgan fingerprint density at radius 1 is 1.38 bits per heavy atom. The number of carbonyl (C=O) groups excluding carboxylic acids is 1. The summed E-state index contributed by atoms with van der Waals surface area (Å²) in [7, 11) is 0. The SMILES string of the molecule is CCCc1n[nH]c(=S)n1CC(=O)Nc1nc(-c2ccc(F)cc2)c(C)s1. The van der Waals surface area contributed by atoms with Crippen LogP contribution in [0, 0.1) is 17.5 Å². The van der Waals surface area contributed by atoms with Gasteiger partial charge in [0, 0.05) is 16.9 Å². The first kappa shape index (κ1) is 18.4. The summed E-state index contributed by atoms with van der Waals surface area (Å²) in [6.45, 7) is 4.03. The third kappa shape index (κ3) is 4.05. The molecule has 1 amide bonds. The number of hydrogen-bond donors (Lipinski definition) is 2. The zero-order valence-corrected chi connectivity index (χ0v) is 16.0. The number of aromatic nitrogens is 4. The Bertz CT molecular complexity index is 974. The topological polar surface area (TPSA) is 75.6 Å². The first-order valence-electron chi connectivity index (χ1n) is 8.15. The maximum Gasteiger partial charge on any atom is 0.246 e. The number of thiazole rings is 1. The third-order valence-corrected chi connectivity index (χ3v) is 4.97. The highest BCUT2D eigenvalue weighted by atomic mass is 32.1. The molecule has 0 aliphatic carbocycles. The lowest BCUT2D eigenvalue weighted by molar-refractivity contribution is -0.116. The van der Waals surface area contributed by atoms with Crippen LogP contribution in [0.1, 0.15) is 24.0 Å². The molecule has 2 aromatic heterocycles. The lowest BCUT2D eigenvalue weighted by Crippen LogP contribution is -2.20. The van der Waals surface area contributed by atoms with E-state index < -0.39 is 0 Å². The lowest BCUT2D eigenvalue weighted by atomic mass is 10.1. The molecule has 2 heterocycles. The van der Waals surface area contributed by atoms with Gasteiger partial charge in [0.05, 0.1) is 5.69 Å². The van der Waals surface area contributed by atoms with Gasteiger partial charge < -0.3 is 5.32 Å². The summed E-state index contributed by atoms with van der Waals surface area (Å²) in [5.74, 6) is 0.240. The van der Waals surface area contributed by atoms with Crippen LogP contribution in [0.2, 0.25) is 0 Å². The van der Waals surface area contributed by atoms with Gasteiger partial charge >= 0.3 is 0 Å². The van der Waals surface area contributed by atoms with Crippen molar-refractivity contribution in [3.63, 3.8) is 0 Å². The number of anilines is 1. The minimum absolute atomic E-state index is 0.0785. The van der Waals surface area contributed by atoms with Crippen LogP contribution in [0.25, 0.3) is 11.3 Å². The molecule has 0 fully saturated rings. The standard InChI is InChI=1S/C17H18FN5OS2/c1-3-4-13-21-22-17(25)23(13)9-14(24)19-16-20-15(10(2)26-16)11-5-7-12(18)8-6-11/h5-8H,3-4,9H2,1-2H3,(H,22,25)(H,19,20,24). The molecule has 6 nitrogen and oxygen atoms in total. The highest BCUT2D eigenvalue weighted by molar-refractivity contribution is 7.71. The van der Waals surface area contributed by atoms with E-state index in [4.69, 9.17) is 12.2 Å². The second-order valence-electron chi connectivity index (χ2n) is 5.76. The fourth-order valence-electron chi connectivity index (χ4n) is 2.56. The highest BCUT2D eigenvalue weighted by Crippen LogP contribution is 2.30. The number of halogens is 1. The van der Waals surface area contributed by atoms with E-state index in [0.29, 0.717) is 9.90 Å². The van der Waals surface area contributed by atoms with Crippen molar-refractivity contribution in [2.45, 2.75) is 33.2 Å². The number of H-pyrrole nitrogens is 1. The number of carbonyl (C=O) groups is 1. The number of nitrogens with one attached hydrogen (secondary N) is 2. The van der Waals surface area contributed by atoms with E-state index in [0.717, 1.165) is 34.8 Å². The Morgan fingerprint density at radius 3 is 2.81 bits per heavy atom. The predicted molar refractivity (Wildman–Crippen MR) is 102 cm³/mol. The van der Waals surface area contributed by atoms with E-state index in [1.54, 1.807) is 16.7 Å². The summed E-state index contributed by atoms with van der Waals surface area (Å²) in [4.78, 5) is 17.8. The quantitative estimate of drug-likeness (QED) is 0.620. The van der Waals surface area contributed by atoms with Gasteiger partial charge in [-0.15, -0.1) is 11.3 Å². The number of rotatable bonds is 6. The van der Waals surface area contributed by atoms with Crippen LogP contribution < -0.4 is 5.32 Å². The van der Waals surface area contributed by atoms with Gasteiger partial charge in [-0.05, 0) is 49.8 Å². The van der Waals surface area contributed by atoms with E-state index in [1.807, 2.05) is 13.8 Å². The molecule has 0 aliphatic rings. The molecule has 3 aromatic rings. The van der Waals surface area contributed by atoms with Crippen LogP contribution >= 0.6 is 23.6 Å². The summed E-state index contributed by atoms with van der Waals surface area (Å²) in [6.07, 6.45) is 1.65. The van der Waals surface area contributed by atoms with Crippen LogP contribution in [0.4, 0.5) is 9.52 Å². The molecule has 0 saturated carbocycles. The van der Waals surface area contributed by atoms with Gasteiger partial charge in [0.1, 0.15) is 18.2 Å². The fourth-order valence-corrected chi connectivity index (χ4v) is 3.62. The van der Waals surface area contributed by atoms with Gasteiger partial charge in [0.15, 0.2) is 9.90 Å². The molecular weight excluding hydrogens is 373 g/mol. The number of aryl methyl sites for hydroxylation is 2. The van der Waals surface area contributed by atoms with Gasteiger partial charge in [-0.25, -0.2) is 9.37 Å². The van der Waals surface area contributed by atoms with Crippen LogP contribution in [0.3, 0.4) is 0 Å². The van der Waals surface area contributed by atoms with Crippen molar-refractivity contribution in [3.8, 4) is 11.3 Å². The van der Waals surface area contributed by atoms with Crippen molar-refractivity contribution >= 4 is 34.6 Å². The molecule has 136 valence electrons. The Morgan fingerprint density at radius 2 is 2.12 bits per heavy atom. The molecule has 0 spiro atoms. The monoisotopic (exact) mass is 391 g/mol. The highest BCUT2D eigenvalue weighted by Gasteiger charge is 2.14. The number of hydrogen-bond acceptors (Lipinski definition) is 5. The molecule has 0 radical (unpaired) electrons. The summed E-state index contributed by atoms with van der Waals surface area (Å²) >= 11 is 6.57. The van der Waals surface area contributed by atoms with E-state index in [2.05, 4.69) is 20.5 Å². The van der Waals surface area contributed by atoms with Gasteiger partial charge in [-0.1, -0.05) is 6.92 Å². The van der Waals surface area contributed by atoms with Crippen molar-refractivity contribution in [1.29, 1.82) is 0 Å². The zero-order valence-electron chi connectivity index (χ0n) is 14.4. The van der Waals surface area contributed by atoms with Gasteiger partial charge in [-0.3, -0.25) is 14.5 Å². The first-order valence-corrected chi connectivity index (χ1v) is 9.37. The molecule has 26 heavy (non-hydrogen) atoms. The average Bonchev–Trinajstić information content (AvgIpc) is 3.13. The van der Waals surface area contributed by atoms with Crippen molar-refractivity contribution < 1.29 is 9.18 Å². The van der Waals surface area contributed by atoms with Gasteiger partial charge in [0.2, 0.25) is 5.91 Å². The van der Waals surface area contributed by atoms with Crippen LogP contribution in [0.15, 0.2) is 24.3 Å². The molecule has 2 N–H and O–H groups in total. The molecule has 0 unspecified atom stereocenters. The van der Waals surface area contributed by atoms with E-state index >= 15 is 0 Å². The van der Waals surface area contributed by atoms with Crippen molar-refractivity contribution in [2.75, 3.05) is 5.32 Å². The molecule has 0 bridgehead atoms. The molecule has 9 heteroatoms. The number of benzene rings is 1. The number of amides is 1. The molecular formula is C17H18FN5OS2. The van der Waals surface area contributed by atoms with Gasteiger partial charge in [0.25, 0.3) is 0 Å². The second kappa shape index (κ2) is 7.88. The molecule has 3 rings (SSSR count). The van der Waals surface area contributed by atoms with Gasteiger partial charge in [-0.2, -0.15) is 5.10 Å². The summed E-state index contributed by atoms with van der Waals surface area (Å²) < 4.78 is 15.2. The zero-order chi connectivity index (χ0) is 18.7. The lowest BCUT2D eigenvalue weighted by Gasteiger charge is -2.05. The summed E-state index contributed by atoms with van der Waals surface area (Å²) in [5, 5.41) is 10.2. The van der Waals surface area contributed by atoms with Crippen molar-refractivity contribution in [1.82, 2.24) is 19.7 Å². The number of aromatic amines is 1. The fraction of sp³-hybridized carbons (Fsp3) is 0.294. The smallest absolute Gasteiger partial charge is 0.246 e. The van der Waals surface area contributed by atoms with E-state index in [9.17, 15) is 9.18 Å². The molecule has 0 atom stereocenters. The normalized spacial score (nSPS) is 10.9. The summed E-state index contributed by atoms with van der Waals surface area (Å²) in [6, 6.07) is 6.13. The largest absolute Gasteiger partial charge is 0.300 e. The second-order valence-corrected chi connectivity index (χ2v) is 7.35. The molecule has 0 aliphatic heterocycles. The molecule has 1 aromatic carbocycles. The van der Waals surface area contributed by atoms with Crippen molar-refractivity contribution in [2.24, 2.45) is 0 Å². The summed E-state index contributed by atoms with van der Waals surface area (Å²) in [5.41, 5.74) is 1.54. The molecule has 0 saturated heterocycles. The Kier molecular flexibility index (Phi) is 5.58. The van der Waals surface area contributed by atoms with Crippen LogP contribution in [-0.4, -0.2) is 25.7 Å². The van der Waals surface area contributed by atoms with E-state index in [1.165, 1.54) is 23.5 Å². The third-order valence-electron chi connectivity index (χ3n) is 3.77. The minimum atomic E-state index is -0.296. The van der Waals surface area contributed by atoms with Crippen LogP contribution in [-0.2, 0) is 17.8 Å². The Balaban J connectivity index is 1.74. The van der Waals surface area contributed by atoms with Crippen LogP contribution in [0.5, 0.6) is 0 Å². The Labute approximate surface area is 159 Å². The number of nitrogens with zero attached hydrogens (tertiary/aromatic N) is 3.